The molecule has 1 aromatic heterocycles. The van der Waals surface area contributed by atoms with Gasteiger partial charge < -0.3 is 10.2 Å². The first-order valence-electron chi connectivity index (χ1n) is 8.96. The molecule has 1 aliphatic heterocycles. The van der Waals surface area contributed by atoms with Gasteiger partial charge in [0.1, 0.15) is 6.04 Å². The molecular weight excluding hydrogens is 352 g/mol. The Kier molecular flexibility index (Phi) is 4.95. The molecule has 0 saturated heterocycles. The number of rotatable bonds is 2. The molecule has 0 fully saturated rings. The van der Waals surface area contributed by atoms with Crippen molar-refractivity contribution in [1.29, 1.82) is 0 Å². The number of fused-ring (bicyclic) bond motifs is 1. The van der Waals surface area contributed by atoms with Crippen molar-refractivity contribution >= 4 is 22.9 Å². The molecule has 27 heavy (non-hydrogen) atoms. The lowest BCUT2D eigenvalue weighted by Crippen LogP contribution is -2.34. The van der Waals surface area contributed by atoms with E-state index in [-0.39, 0.29) is 11.9 Å². The number of amides is 1. The largest absolute Gasteiger partial charge is 0.355 e. The van der Waals surface area contributed by atoms with E-state index in [4.69, 9.17) is 0 Å². The van der Waals surface area contributed by atoms with Crippen molar-refractivity contribution in [3.63, 3.8) is 0 Å². The lowest BCUT2D eigenvalue weighted by molar-refractivity contribution is 0.0963. The molecular formula is C23H20N2OS. The van der Waals surface area contributed by atoms with Crippen LogP contribution < -0.4 is 10.2 Å². The maximum Gasteiger partial charge on any atom is 0.251 e. The molecule has 0 spiro atoms. The molecule has 1 N–H and O–H groups in total. The molecule has 3 nitrogen and oxygen atoms in total. The summed E-state index contributed by atoms with van der Waals surface area (Å²) in [5.74, 6) is 6.74. The molecule has 2 aromatic carbocycles. The molecule has 134 valence electrons. The Morgan fingerprint density at radius 2 is 1.96 bits per heavy atom. The first-order valence-corrected chi connectivity index (χ1v) is 9.91. The molecule has 0 saturated carbocycles. The Morgan fingerprint density at radius 1 is 1.15 bits per heavy atom. The third kappa shape index (κ3) is 3.60. The van der Waals surface area contributed by atoms with Crippen molar-refractivity contribution in [2.45, 2.75) is 12.5 Å². The van der Waals surface area contributed by atoms with Crippen LogP contribution in [0.2, 0.25) is 0 Å². The van der Waals surface area contributed by atoms with Gasteiger partial charge >= 0.3 is 0 Å². The van der Waals surface area contributed by atoms with E-state index < -0.39 is 0 Å². The maximum absolute atomic E-state index is 11.8. The number of nitrogens with one attached hydrogen (secondary N) is 1. The van der Waals surface area contributed by atoms with Gasteiger partial charge in [0, 0.05) is 35.8 Å². The molecule has 3 aromatic rings. The zero-order valence-electron chi connectivity index (χ0n) is 15.1. The van der Waals surface area contributed by atoms with Crippen LogP contribution in [-0.4, -0.2) is 19.5 Å². The van der Waals surface area contributed by atoms with Crippen LogP contribution in [0.15, 0.2) is 65.4 Å². The van der Waals surface area contributed by atoms with Crippen LogP contribution in [0, 0.1) is 11.8 Å². The highest BCUT2D eigenvalue weighted by Gasteiger charge is 2.26. The second-order valence-corrected chi connectivity index (χ2v) is 7.23. The number of thiophene rings is 1. The fraction of sp³-hybridized carbons (Fsp3) is 0.174. The molecule has 4 rings (SSSR count). The van der Waals surface area contributed by atoms with Crippen molar-refractivity contribution in [1.82, 2.24) is 5.32 Å². The van der Waals surface area contributed by atoms with E-state index in [1.807, 2.05) is 29.6 Å². The predicted octanol–water partition coefficient (Wildman–Crippen LogP) is 4.26. The summed E-state index contributed by atoms with van der Waals surface area (Å²) in [6, 6.07) is 18.4. The van der Waals surface area contributed by atoms with Crippen LogP contribution in [0.5, 0.6) is 0 Å². The third-order valence-electron chi connectivity index (χ3n) is 4.85. The number of hydrogen-bond donors (Lipinski definition) is 1. The molecule has 1 atom stereocenters. The summed E-state index contributed by atoms with van der Waals surface area (Å²) < 4.78 is 0. The minimum Gasteiger partial charge on any atom is -0.355 e. The van der Waals surface area contributed by atoms with E-state index in [0.29, 0.717) is 5.56 Å². The van der Waals surface area contributed by atoms with E-state index in [0.717, 1.165) is 24.2 Å². The van der Waals surface area contributed by atoms with Crippen LogP contribution in [0.3, 0.4) is 0 Å². The lowest BCUT2D eigenvalue weighted by Gasteiger charge is -2.36. The average molecular weight is 372 g/mol. The minimum absolute atomic E-state index is 0.000650. The quantitative estimate of drug-likeness (QED) is 0.682. The van der Waals surface area contributed by atoms with Gasteiger partial charge in [-0.2, -0.15) is 11.3 Å². The Bertz CT molecular complexity index is 997. The fourth-order valence-electron chi connectivity index (χ4n) is 3.44. The van der Waals surface area contributed by atoms with Gasteiger partial charge in [0.2, 0.25) is 0 Å². The van der Waals surface area contributed by atoms with Gasteiger partial charge in [0.25, 0.3) is 5.91 Å². The summed E-state index contributed by atoms with van der Waals surface area (Å²) >= 11 is 1.66. The zero-order valence-corrected chi connectivity index (χ0v) is 15.9. The Balaban J connectivity index is 1.71. The smallest absolute Gasteiger partial charge is 0.251 e. The predicted molar refractivity (Wildman–Crippen MR) is 111 cm³/mol. The molecule has 0 bridgehead atoms. The van der Waals surface area contributed by atoms with Crippen molar-refractivity contribution < 1.29 is 4.79 Å². The summed E-state index contributed by atoms with van der Waals surface area (Å²) in [5.41, 5.74) is 5.43. The molecule has 2 heterocycles. The average Bonchev–Trinajstić information content (AvgIpc) is 3.25. The van der Waals surface area contributed by atoms with Gasteiger partial charge in [-0.3, -0.25) is 4.79 Å². The van der Waals surface area contributed by atoms with Crippen molar-refractivity contribution in [2.75, 3.05) is 18.5 Å². The van der Waals surface area contributed by atoms with Gasteiger partial charge in [-0.1, -0.05) is 36.1 Å². The zero-order chi connectivity index (χ0) is 18.6. The molecule has 1 amide bonds. The highest BCUT2D eigenvalue weighted by atomic mass is 32.1. The van der Waals surface area contributed by atoms with Gasteiger partial charge in [0.15, 0.2) is 0 Å². The van der Waals surface area contributed by atoms with Crippen LogP contribution in [0.25, 0.3) is 0 Å². The summed E-state index contributed by atoms with van der Waals surface area (Å²) in [6.07, 6.45) is 0.990. The molecule has 0 radical (unpaired) electrons. The van der Waals surface area contributed by atoms with Gasteiger partial charge in [-0.25, -0.2) is 0 Å². The van der Waals surface area contributed by atoms with Crippen molar-refractivity contribution in [3.05, 3.63) is 87.6 Å². The number of benzene rings is 2. The Morgan fingerprint density at radius 3 is 2.70 bits per heavy atom. The number of anilines is 1. The summed E-state index contributed by atoms with van der Waals surface area (Å²) in [4.78, 5) is 14.1. The van der Waals surface area contributed by atoms with E-state index >= 15 is 0 Å². The van der Waals surface area contributed by atoms with Crippen molar-refractivity contribution in [2.24, 2.45) is 0 Å². The second kappa shape index (κ2) is 7.69. The van der Waals surface area contributed by atoms with Gasteiger partial charge in [0.05, 0.1) is 0 Å². The molecule has 1 unspecified atom stereocenters. The lowest BCUT2D eigenvalue weighted by atomic mass is 9.92. The Labute approximate surface area is 163 Å². The topological polar surface area (TPSA) is 32.3 Å². The number of carbonyl (C=O) groups is 1. The monoisotopic (exact) mass is 372 g/mol. The highest BCUT2D eigenvalue weighted by Crippen LogP contribution is 2.33. The van der Waals surface area contributed by atoms with Gasteiger partial charge in [-0.05, 0) is 53.3 Å². The minimum atomic E-state index is -0.0701. The molecule has 0 aliphatic carbocycles. The van der Waals surface area contributed by atoms with E-state index in [2.05, 4.69) is 57.8 Å². The summed E-state index contributed by atoms with van der Waals surface area (Å²) in [6.45, 7) is 0.902. The summed E-state index contributed by atoms with van der Waals surface area (Å²) in [7, 11) is 1.65. The second-order valence-electron chi connectivity index (χ2n) is 6.45. The van der Waals surface area contributed by atoms with E-state index in [1.54, 1.807) is 18.4 Å². The number of nitrogens with zero attached hydrogens (tertiary/aromatic N) is 1. The van der Waals surface area contributed by atoms with Gasteiger partial charge in [-0.15, -0.1) is 0 Å². The van der Waals surface area contributed by atoms with Crippen LogP contribution >= 0.6 is 11.3 Å². The first kappa shape index (κ1) is 17.4. The normalized spacial score (nSPS) is 15.4. The van der Waals surface area contributed by atoms with Crippen LogP contribution in [0.4, 0.5) is 5.69 Å². The number of hydrogen-bond acceptors (Lipinski definition) is 3. The van der Waals surface area contributed by atoms with Crippen LogP contribution in [0.1, 0.15) is 33.1 Å². The standard InChI is InChI=1S/C23H20N2OS/c1-24-23(26)19-7-9-20(10-8-19)25-14-12-18-4-2-3-5-21(18)22(25)11-6-17-13-15-27-16-17/h2-5,7-10,13,15-16,22H,12,14H2,1H3,(H,24,26). The van der Waals surface area contributed by atoms with E-state index in [1.165, 1.54) is 11.1 Å². The first-order chi connectivity index (χ1) is 13.3. The summed E-state index contributed by atoms with van der Waals surface area (Å²) in [5, 5.41) is 6.79. The SMILES string of the molecule is CNC(=O)c1ccc(N2CCc3ccccc3C2C#Cc2ccsc2)cc1. The fourth-order valence-corrected chi connectivity index (χ4v) is 4.02. The van der Waals surface area contributed by atoms with E-state index in [9.17, 15) is 4.79 Å². The maximum atomic E-state index is 11.8. The molecule has 4 heteroatoms. The molecule has 1 aliphatic rings. The highest BCUT2D eigenvalue weighted by molar-refractivity contribution is 7.08. The van der Waals surface area contributed by atoms with Crippen LogP contribution in [-0.2, 0) is 6.42 Å². The third-order valence-corrected chi connectivity index (χ3v) is 5.53. The number of carbonyl (C=O) groups excluding carboxylic acids is 1. The van der Waals surface area contributed by atoms with Crippen molar-refractivity contribution in [3.8, 4) is 11.8 Å². The Hall–Kier alpha value is -3.03.